The molecule has 2 aliphatic carbocycles. The quantitative estimate of drug-likeness (QED) is 0.601. The van der Waals surface area contributed by atoms with E-state index in [0.717, 1.165) is 11.1 Å². The molecule has 5 nitrogen and oxygen atoms in total. The maximum Gasteiger partial charge on any atom is 0.244 e. The number of ketones is 2. The van der Waals surface area contributed by atoms with Crippen LogP contribution in [-0.4, -0.2) is 17.5 Å². The summed E-state index contributed by atoms with van der Waals surface area (Å²) in [6, 6.07) is 22.0. The Kier molecular flexibility index (Phi) is 2.81. The van der Waals surface area contributed by atoms with Gasteiger partial charge in [-0.25, -0.2) is 0 Å². The summed E-state index contributed by atoms with van der Waals surface area (Å²) in [5.41, 5.74) is 4.24. The van der Waals surface area contributed by atoms with Gasteiger partial charge < -0.3 is 10.6 Å². The zero-order chi connectivity index (χ0) is 20.9. The molecule has 0 saturated carbocycles. The largest absolute Gasteiger partial charge is 0.354 e. The van der Waals surface area contributed by atoms with Crippen LogP contribution in [0, 0.1) is 0 Å². The fourth-order valence-corrected chi connectivity index (χ4v) is 5.54. The van der Waals surface area contributed by atoms with Crippen LogP contribution < -0.4 is 10.6 Å². The number of fused-ring (bicyclic) bond motifs is 8. The maximum absolute atomic E-state index is 13.8. The van der Waals surface area contributed by atoms with Gasteiger partial charge in [0, 0.05) is 44.7 Å². The second-order valence-corrected chi connectivity index (χ2v) is 8.12. The van der Waals surface area contributed by atoms with E-state index in [1.807, 2.05) is 60.7 Å². The summed E-state index contributed by atoms with van der Waals surface area (Å²) in [6.45, 7) is 0. The van der Waals surface area contributed by atoms with Gasteiger partial charge in [0.2, 0.25) is 5.91 Å². The maximum atomic E-state index is 13.8. The number of hydrogen-bond donors (Lipinski definition) is 2. The molecule has 7 rings (SSSR count). The Morgan fingerprint density at radius 3 is 1.61 bits per heavy atom. The van der Waals surface area contributed by atoms with Gasteiger partial charge in [0.15, 0.2) is 11.6 Å². The fourth-order valence-electron chi connectivity index (χ4n) is 5.54. The number of hydrogen-bond acceptors (Lipinski definition) is 4. The molecule has 1 spiro atoms. The third kappa shape index (κ3) is 1.69. The third-order valence-electron chi connectivity index (χ3n) is 6.76. The number of rotatable bonds is 0. The van der Waals surface area contributed by atoms with Crippen LogP contribution in [0.25, 0.3) is 11.4 Å². The van der Waals surface area contributed by atoms with Crippen LogP contribution >= 0.6 is 0 Å². The molecule has 0 radical (unpaired) electrons. The van der Waals surface area contributed by atoms with Crippen LogP contribution in [-0.2, 0) is 10.2 Å². The average Bonchev–Trinajstić information content (AvgIpc) is 3.37. The SMILES string of the molecule is O=C1C2=C(NC3=C(C(=O)c4ccccc43)C23C(=O)Nc2ccccc23)c2ccccc21. The first-order valence-electron chi connectivity index (χ1n) is 10.1. The second kappa shape index (κ2) is 5.26. The number of nitrogens with one attached hydrogen (secondary N) is 2. The molecule has 2 heterocycles. The Morgan fingerprint density at radius 2 is 1.03 bits per heavy atom. The van der Waals surface area contributed by atoms with E-state index in [0.29, 0.717) is 44.9 Å². The second-order valence-electron chi connectivity index (χ2n) is 8.12. The lowest BCUT2D eigenvalue weighted by Gasteiger charge is -2.35. The predicted octanol–water partition coefficient (Wildman–Crippen LogP) is 3.69. The van der Waals surface area contributed by atoms with Crippen molar-refractivity contribution < 1.29 is 14.4 Å². The lowest BCUT2D eigenvalue weighted by atomic mass is 9.65. The van der Waals surface area contributed by atoms with Gasteiger partial charge in [-0.1, -0.05) is 66.7 Å². The first-order valence-corrected chi connectivity index (χ1v) is 10.1. The minimum absolute atomic E-state index is 0.222. The summed E-state index contributed by atoms with van der Waals surface area (Å²) in [5.74, 6) is -0.807. The van der Waals surface area contributed by atoms with E-state index in [4.69, 9.17) is 0 Å². The molecule has 3 aromatic carbocycles. The van der Waals surface area contributed by atoms with E-state index >= 15 is 0 Å². The predicted molar refractivity (Wildman–Crippen MR) is 115 cm³/mol. The van der Waals surface area contributed by atoms with Gasteiger partial charge in [-0.3, -0.25) is 14.4 Å². The first-order chi connectivity index (χ1) is 15.1. The summed E-state index contributed by atoms with van der Waals surface area (Å²) < 4.78 is 0. The molecule has 0 bridgehead atoms. The van der Waals surface area contributed by atoms with Gasteiger partial charge in [-0.15, -0.1) is 0 Å². The van der Waals surface area contributed by atoms with E-state index in [9.17, 15) is 14.4 Å². The van der Waals surface area contributed by atoms with Crippen LogP contribution in [0.15, 0.2) is 83.9 Å². The van der Waals surface area contributed by atoms with Crippen LogP contribution in [0.1, 0.15) is 37.4 Å². The van der Waals surface area contributed by atoms with Gasteiger partial charge in [0.25, 0.3) is 0 Å². The number of Topliss-reactive ketones (excluding diaryl/α,β-unsaturated/α-hetero) is 2. The third-order valence-corrected chi connectivity index (χ3v) is 6.76. The molecule has 4 aliphatic rings. The number of para-hydroxylation sites is 1. The number of carbonyl (C=O) groups is 3. The summed E-state index contributed by atoms with van der Waals surface area (Å²) >= 11 is 0. The van der Waals surface area contributed by atoms with Crippen molar-refractivity contribution in [3.8, 4) is 0 Å². The Morgan fingerprint density at radius 1 is 0.548 bits per heavy atom. The molecule has 5 heteroatoms. The first kappa shape index (κ1) is 16.5. The molecular weight excluding hydrogens is 388 g/mol. The van der Waals surface area contributed by atoms with Crippen molar-refractivity contribution in [3.05, 3.63) is 112 Å². The molecule has 146 valence electrons. The average molecular weight is 402 g/mol. The fraction of sp³-hybridized carbons (Fsp3) is 0.0385. The highest BCUT2D eigenvalue weighted by Crippen LogP contribution is 2.58. The van der Waals surface area contributed by atoms with Crippen LogP contribution in [0.3, 0.4) is 0 Å². The zero-order valence-corrected chi connectivity index (χ0v) is 16.2. The molecule has 0 saturated heterocycles. The van der Waals surface area contributed by atoms with Gasteiger partial charge >= 0.3 is 0 Å². The number of carbonyl (C=O) groups excluding carboxylic acids is 3. The van der Waals surface area contributed by atoms with Gasteiger partial charge in [-0.05, 0) is 6.07 Å². The molecule has 2 N–H and O–H groups in total. The van der Waals surface area contributed by atoms with E-state index in [1.165, 1.54) is 0 Å². The minimum Gasteiger partial charge on any atom is -0.354 e. The number of dihydropyridines is 1. The lowest BCUT2D eigenvalue weighted by molar-refractivity contribution is -0.118. The summed E-state index contributed by atoms with van der Waals surface area (Å²) in [6.07, 6.45) is 0. The Bertz CT molecular complexity index is 1410. The van der Waals surface area contributed by atoms with Crippen LogP contribution in [0.4, 0.5) is 5.69 Å². The van der Waals surface area contributed by atoms with Crippen molar-refractivity contribution in [2.24, 2.45) is 0 Å². The highest BCUT2D eigenvalue weighted by atomic mass is 16.2. The van der Waals surface area contributed by atoms with E-state index in [1.54, 1.807) is 12.1 Å². The standard InChI is InChI=1S/C26H14N2O3/c29-23-15-9-3-1-7-13(15)21-19(23)26(17-11-5-6-12-18(17)27-25(26)31)20-22(28-21)14-8-2-4-10-16(14)24(20)30/h1-12,28H,(H,27,31). The molecule has 0 atom stereocenters. The number of benzene rings is 3. The Balaban J connectivity index is 1.64. The van der Waals surface area contributed by atoms with Crippen LogP contribution in [0.5, 0.6) is 0 Å². The van der Waals surface area contributed by atoms with Gasteiger partial charge in [0.05, 0.1) is 11.4 Å². The van der Waals surface area contributed by atoms with Crippen LogP contribution in [0.2, 0.25) is 0 Å². The molecule has 0 fully saturated rings. The monoisotopic (exact) mass is 402 g/mol. The smallest absolute Gasteiger partial charge is 0.244 e. The lowest BCUT2D eigenvalue weighted by Crippen LogP contribution is -2.46. The number of amides is 1. The van der Waals surface area contributed by atoms with Crippen molar-refractivity contribution in [2.75, 3.05) is 5.32 Å². The molecule has 0 aromatic heterocycles. The zero-order valence-electron chi connectivity index (χ0n) is 16.2. The molecule has 0 unspecified atom stereocenters. The van der Waals surface area contributed by atoms with Gasteiger partial charge in [-0.2, -0.15) is 0 Å². The Hall–Kier alpha value is -4.25. The molecule has 3 aromatic rings. The topological polar surface area (TPSA) is 75.3 Å². The minimum atomic E-state index is -1.49. The molecular formula is C26H14N2O3. The normalized spacial score (nSPS) is 19.0. The summed E-state index contributed by atoms with van der Waals surface area (Å²) in [7, 11) is 0. The number of anilines is 1. The molecule has 2 aliphatic heterocycles. The molecule has 1 amide bonds. The van der Waals surface area contributed by atoms with Crippen molar-refractivity contribution in [1.29, 1.82) is 0 Å². The van der Waals surface area contributed by atoms with Crippen molar-refractivity contribution >= 4 is 34.6 Å². The van der Waals surface area contributed by atoms with Crippen molar-refractivity contribution in [1.82, 2.24) is 5.32 Å². The highest BCUT2D eigenvalue weighted by molar-refractivity contribution is 6.37. The van der Waals surface area contributed by atoms with Crippen molar-refractivity contribution in [2.45, 2.75) is 5.41 Å². The van der Waals surface area contributed by atoms with E-state index in [-0.39, 0.29) is 17.5 Å². The highest BCUT2D eigenvalue weighted by Gasteiger charge is 2.63. The summed E-state index contributed by atoms with van der Waals surface area (Å²) in [4.78, 5) is 41.2. The van der Waals surface area contributed by atoms with Gasteiger partial charge in [0.1, 0.15) is 5.41 Å². The van der Waals surface area contributed by atoms with Crippen molar-refractivity contribution in [3.63, 3.8) is 0 Å². The summed E-state index contributed by atoms with van der Waals surface area (Å²) in [5, 5.41) is 6.33. The van der Waals surface area contributed by atoms with E-state index < -0.39 is 5.41 Å². The Labute approximate surface area is 177 Å². The van der Waals surface area contributed by atoms with E-state index in [2.05, 4.69) is 10.6 Å². The molecule has 31 heavy (non-hydrogen) atoms.